The van der Waals surface area contributed by atoms with E-state index in [0.717, 1.165) is 57.0 Å². The maximum absolute atomic E-state index is 11.5. The lowest BCUT2D eigenvalue weighted by atomic mass is 9.96. The normalized spacial score (nSPS) is 16.6. The Morgan fingerprint density at radius 1 is 1.18 bits per heavy atom. The van der Waals surface area contributed by atoms with E-state index >= 15 is 0 Å². The van der Waals surface area contributed by atoms with E-state index < -0.39 is 11.9 Å². The molecule has 1 heterocycles. The van der Waals surface area contributed by atoms with Crippen molar-refractivity contribution >= 4 is 5.97 Å². The fraction of sp³-hybridized carbons (Fsp3) is 0.522. The standard InChI is InChI=1S/C23H33NO4/c1-2-3-4-5-6-7-8-21(23(25)26)19-20-9-11-22(12-10-20)28-18-15-24-13-16-27-17-14-24/h2-3,6-7,9-12,21H,4-5,8,13-19H2,1H3,(H,25,26). The maximum Gasteiger partial charge on any atom is 0.307 e. The molecule has 1 fully saturated rings. The minimum absolute atomic E-state index is 0.397. The minimum atomic E-state index is -0.746. The van der Waals surface area contributed by atoms with Gasteiger partial charge < -0.3 is 14.6 Å². The third-order valence-electron chi connectivity index (χ3n) is 4.86. The van der Waals surface area contributed by atoms with Crippen molar-refractivity contribution < 1.29 is 19.4 Å². The number of allylic oxidation sites excluding steroid dienone is 4. The highest BCUT2D eigenvalue weighted by atomic mass is 16.5. The van der Waals surface area contributed by atoms with Crippen LogP contribution in [-0.2, 0) is 16.0 Å². The third kappa shape index (κ3) is 8.72. The number of carboxylic acid groups (broad SMARTS) is 1. The fourth-order valence-electron chi connectivity index (χ4n) is 3.13. The smallest absolute Gasteiger partial charge is 0.307 e. The molecular weight excluding hydrogens is 354 g/mol. The number of aliphatic carboxylic acids is 1. The monoisotopic (exact) mass is 387 g/mol. The molecule has 0 aromatic heterocycles. The largest absolute Gasteiger partial charge is 0.492 e. The maximum atomic E-state index is 11.5. The first-order valence-corrected chi connectivity index (χ1v) is 10.2. The second-order valence-corrected chi connectivity index (χ2v) is 7.04. The van der Waals surface area contributed by atoms with E-state index in [-0.39, 0.29) is 0 Å². The number of benzene rings is 1. The van der Waals surface area contributed by atoms with Crippen LogP contribution in [0.3, 0.4) is 0 Å². The number of ether oxygens (including phenoxy) is 2. The van der Waals surface area contributed by atoms with E-state index in [1.807, 2.05) is 43.3 Å². The van der Waals surface area contributed by atoms with Gasteiger partial charge in [-0.05, 0) is 50.3 Å². The van der Waals surface area contributed by atoms with Gasteiger partial charge in [-0.15, -0.1) is 0 Å². The summed E-state index contributed by atoms with van der Waals surface area (Å²) in [7, 11) is 0. The second kappa shape index (κ2) is 13.1. The highest BCUT2D eigenvalue weighted by molar-refractivity contribution is 5.70. The molecule has 1 aliphatic heterocycles. The molecule has 1 unspecified atom stereocenters. The van der Waals surface area contributed by atoms with Crippen LogP contribution in [0.4, 0.5) is 0 Å². The number of carboxylic acids is 1. The van der Waals surface area contributed by atoms with Gasteiger partial charge in [-0.2, -0.15) is 0 Å². The average Bonchev–Trinajstić information content (AvgIpc) is 2.71. The van der Waals surface area contributed by atoms with Gasteiger partial charge in [0.25, 0.3) is 0 Å². The van der Waals surface area contributed by atoms with Crippen LogP contribution in [0.1, 0.15) is 31.7 Å². The molecular formula is C23H33NO4. The van der Waals surface area contributed by atoms with Crippen LogP contribution < -0.4 is 4.74 Å². The lowest BCUT2D eigenvalue weighted by molar-refractivity contribution is -0.141. The first kappa shape index (κ1) is 22.2. The van der Waals surface area contributed by atoms with Gasteiger partial charge >= 0.3 is 5.97 Å². The van der Waals surface area contributed by atoms with E-state index in [9.17, 15) is 9.90 Å². The van der Waals surface area contributed by atoms with Gasteiger partial charge in [0.1, 0.15) is 12.4 Å². The van der Waals surface area contributed by atoms with Crippen LogP contribution in [0.2, 0.25) is 0 Å². The first-order chi connectivity index (χ1) is 13.7. The summed E-state index contributed by atoms with van der Waals surface area (Å²) >= 11 is 0. The number of rotatable bonds is 12. The Morgan fingerprint density at radius 2 is 1.89 bits per heavy atom. The zero-order valence-electron chi connectivity index (χ0n) is 16.9. The summed E-state index contributed by atoms with van der Waals surface area (Å²) < 4.78 is 11.2. The van der Waals surface area contributed by atoms with Crippen molar-refractivity contribution in [3.05, 3.63) is 54.1 Å². The van der Waals surface area contributed by atoms with Gasteiger partial charge in [-0.1, -0.05) is 36.4 Å². The Bertz CT molecular complexity index is 618. The van der Waals surface area contributed by atoms with E-state index in [1.165, 1.54) is 0 Å². The number of nitrogens with zero attached hydrogens (tertiary/aromatic N) is 1. The Balaban J connectivity index is 1.74. The summed E-state index contributed by atoms with van der Waals surface area (Å²) in [6, 6.07) is 7.80. The average molecular weight is 388 g/mol. The van der Waals surface area contributed by atoms with Gasteiger partial charge in [0.15, 0.2) is 0 Å². The Hall–Kier alpha value is -2.11. The molecule has 0 saturated carbocycles. The summed E-state index contributed by atoms with van der Waals surface area (Å²) in [5.41, 5.74) is 1.02. The molecule has 1 N–H and O–H groups in total. The third-order valence-corrected chi connectivity index (χ3v) is 4.86. The number of carbonyl (C=O) groups is 1. The summed E-state index contributed by atoms with van der Waals surface area (Å²) in [6.07, 6.45) is 11.2. The molecule has 28 heavy (non-hydrogen) atoms. The molecule has 0 spiro atoms. The zero-order valence-corrected chi connectivity index (χ0v) is 16.9. The number of hydrogen-bond acceptors (Lipinski definition) is 4. The Kier molecular flexibility index (Phi) is 10.4. The fourth-order valence-corrected chi connectivity index (χ4v) is 3.13. The molecule has 0 radical (unpaired) electrons. The topological polar surface area (TPSA) is 59.0 Å². The molecule has 0 aliphatic carbocycles. The van der Waals surface area contributed by atoms with E-state index in [1.54, 1.807) is 0 Å². The zero-order chi connectivity index (χ0) is 20.0. The predicted molar refractivity (Wildman–Crippen MR) is 112 cm³/mol. The number of hydrogen-bond donors (Lipinski definition) is 1. The predicted octanol–water partition coefficient (Wildman–Crippen LogP) is 3.94. The molecule has 1 aliphatic rings. The van der Waals surface area contributed by atoms with E-state index in [4.69, 9.17) is 9.47 Å². The Labute approximate surface area is 168 Å². The van der Waals surface area contributed by atoms with E-state index in [0.29, 0.717) is 19.4 Å². The summed E-state index contributed by atoms with van der Waals surface area (Å²) in [4.78, 5) is 13.9. The molecule has 154 valence electrons. The van der Waals surface area contributed by atoms with Crippen molar-refractivity contribution in [1.82, 2.24) is 4.90 Å². The van der Waals surface area contributed by atoms with Gasteiger partial charge in [0.05, 0.1) is 19.1 Å². The number of unbranched alkanes of at least 4 members (excludes halogenated alkanes) is 1. The van der Waals surface area contributed by atoms with Crippen LogP contribution in [0.15, 0.2) is 48.6 Å². The molecule has 0 bridgehead atoms. The second-order valence-electron chi connectivity index (χ2n) is 7.04. The van der Waals surface area contributed by atoms with Crippen LogP contribution in [-0.4, -0.2) is 55.4 Å². The van der Waals surface area contributed by atoms with Crippen LogP contribution in [0.25, 0.3) is 0 Å². The molecule has 1 atom stereocenters. The van der Waals surface area contributed by atoms with Crippen LogP contribution in [0, 0.1) is 5.92 Å². The van der Waals surface area contributed by atoms with Gasteiger partial charge in [0.2, 0.25) is 0 Å². The van der Waals surface area contributed by atoms with Gasteiger partial charge in [0, 0.05) is 19.6 Å². The highest BCUT2D eigenvalue weighted by Crippen LogP contribution is 2.18. The SMILES string of the molecule is CC=CCCC=CCC(Cc1ccc(OCCN2CCOCC2)cc1)C(=O)O. The van der Waals surface area contributed by atoms with Crippen molar-refractivity contribution in [3.8, 4) is 5.75 Å². The lowest BCUT2D eigenvalue weighted by Gasteiger charge is -2.26. The lowest BCUT2D eigenvalue weighted by Crippen LogP contribution is -2.38. The van der Waals surface area contributed by atoms with E-state index in [2.05, 4.69) is 17.1 Å². The molecule has 5 nitrogen and oxygen atoms in total. The van der Waals surface area contributed by atoms with Crippen molar-refractivity contribution in [3.63, 3.8) is 0 Å². The van der Waals surface area contributed by atoms with Crippen molar-refractivity contribution in [2.45, 2.75) is 32.6 Å². The number of morpholine rings is 1. The van der Waals surface area contributed by atoms with Gasteiger partial charge in [-0.3, -0.25) is 9.69 Å². The molecule has 0 amide bonds. The van der Waals surface area contributed by atoms with Gasteiger partial charge in [-0.25, -0.2) is 0 Å². The molecule has 2 rings (SSSR count). The van der Waals surface area contributed by atoms with Crippen LogP contribution >= 0.6 is 0 Å². The Morgan fingerprint density at radius 3 is 2.57 bits per heavy atom. The molecule has 1 aromatic carbocycles. The quantitative estimate of drug-likeness (QED) is 0.435. The summed E-state index contributed by atoms with van der Waals surface area (Å²) in [5.74, 6) is -0.317. The van der Waals surface area contributed by atoms with Crippen molar-refractivity contribution in [2.24, 2.45) is 5.92 Å². The molecule has 1 aromatic rings. The molecule has 5 heteroatoms. The summed E-state index contributed by atoms with van der Waals surface area (Å²) in [5, 5.41) is 9.49. The summed E-state index contributed by atoms with van der Waals surface area (Å²) in [6.45, 7) is 7.06. The van der Waals surface area contributed by atoms with Crippen LogP contribution in [0.5, 0.6) is 5.75 Å². The highest BCUT2D eigenvalue weighted by Gasteiger charge is 2.16. The van der Waals surface area contributed by atoms with Crippen molar-refractivity contribution in [2.75, 3.05) is 39.5 Å². The minimum Gasteiger partial charge on any atom is -0.492 e. The molecule has 1 saturated heterocycles. The van der Waals surface area contributed by atoms with Crippen molar-refractivity contribution in [1.29, 1.82) is 0 Å². The first-order valence-electron chi connectivity index (χ1n) is 10.2.